The first-order chi connectivity index (χ1) is 12.0. The quantitative estimate of drug-likeness (QED) is 0.675. The highest BCUT2D eigenvalue weighted by atomic mass is 35.5. The van der Waals surface area contributed by atoms with Crippen LogP contribution in [0.15, 0.2) is 48.5 Å². The Bertz CT molecular complexity index is 683. The Morgan fingerprint density at radius 3 is 2.44 bits per heavy atom. The molecule has 0 saturated heterocycles. The van der Waals surface area contributed by atoms with Gasteiger partial charge in [0.2, 0.25) is 0 Å². The van der Waals surface area contributed by atoms with Gasteiger partial charge in [-0.2, -0.15) is 0 Å². The highest BCUT2D eigenvalue weighted by molar-refractivity contribution is 6.30. The number of amides is 1. The molecule has 1 N–H and O–H groups in total. The molecule has 25 heavy (non-hydrogen) atoms. The van der Waals surface area contributed by atoms with E-state index in [1.165, 1.54) is 5.56 Å². The van der Waals surface area contributed by atoms with Gasteiger partial charge in [-0.3, -0.25) is 4.79 Å². The van der Waals surface area contributed by atoms with Crippen molar-refractivity contribution in [2.24, 2.45) is 0 Å². The Labute approximate surface area is 155 Å². The molecule has 1 atom stereocenters. The normalized spacial score (nSPS) is 12.0. The second-order valence-electron chi connectivity index (χ2n) is 6.47. The van der Waals surface area contributed by atoms with Crippen LogP contribution >= 0.6 is 11.6 Å². The first-order valence-corrected chi connectivity index (χ1v) is 9.13. The van der Waals surface area contributed by atoms with Gasteiger partial charge >= 0.3 is 0 Å². The minimum Gasteiger partial charge on any atom is -0.481 e. The third-order valence-corrected chi connectivity index (χ3v) is 4.32. The fourth-order valence-electron chi connectivity index (χ4n) is 2.61. The number of rotatable bonds is 8. The summed E-state index contributed by atoms with van der Waals surface area (Å²) in [5, 5.41) is 3.68. The fourth-order valence-corrected chi connectivity index (χ4v) is 2.73. The molecule has 4 heteroatoms. The smallest absolute Gasteiger partial charge is 0.260 e. The molecule has 2 rings (SSSR count). The maximum Gasteiger partial charge on any atom is 0.260 e. The zero-order valence-corrected chi connectivity index (χ0v) is 15.8. The van der Waals surface area contributed by atoms with Crippen LogP contribution in [0.5, 0.6) is 5.75 Å². The maximum absolute atomic E-state index is 12.2. The van der Waals surface area contributed by atoms with Crippen LogP contribution in [-0.4, -0.2) is 18.6 Å². The molecule has 0 heterocycles. The number of benzene rings is 2. The summed E-state index contributed by atoms with van der Waals surface area (Å²) in [7, 11) is 0. The van der Waals surface area contributed by atoms with Crippen molar-refractivity contribution in [3.05, 3.63) is 64.7 Å². The van der Waals surface area contributed by atoms with Crippen molar-refractivity contribution in [2.45, 2.75) is 45.6 Å². The molecule has 0 saturated carbocycles. The van der Waals surface area contributed by atoms with E-state index in [4.69, 9.17) is 16.3 Å². The van der Waals surface area contributed by atoms with Crippen molar-refractivity contribution >= 4 is 17.5 Å². The summed E-state index contributed by atoms with van der Waals surface area (Å²) in [6, 6.07) is 15.7. The Morgan fingerprint density at radius 1 is 1.08 bits per heavy atom. The summed E-state index contributed by atoms with van der Waals surface area (Å²) in [6.07, 6.45) is 1.27. The second-order valence-corrected chi connectivity index (χ2v) is 6.91. The van der Waals surface area contributed by atoms with Gasteiger partial charge in [0.25, 0.3) is 5.91 Å². The lowest BCUT2D eigenvalue weighted by molar-refractivity contribution is -0.127. The standard InChI is InChI=1S/C21H26ClNO2/c1-15(2)19-8-4-5-9-20(19)25-16(3)21(24)23-14-6-7-17-10-12-18(22)13-11-17/h4-5,8-13,15-16H,6-7,14H2,1-3H3,(H,23,24). The van der Waals surface area contributed by atoms with Gasteiger partial charge in [0.05, 0.1) is 0 Å². The fraction of sp³-hybridized carbons (Fsp3) is 0.381. The zero-order chi connectivity index (χ0) is 18.2. The van der Waals surface area contributed by atoms with Gasteiger partial charge in [-0.1, -0.05) is 55.8 Å². The monoisotopic (exact) mass is 359 g/mol. The maximum atomic E-state index is 12.2. The molecule has 1 amide bonds. The summed E-state index contributed by atoms with van der Waals surface area (Å²) in [5.41, 5.74) is 2.33. The molecule has 0 fully saturated rings. The number of ether oxygens (including phenoxy) is 1. The first kappa shape index (κ1) is 19.3. The lowest BCUT2D eigenvalue weighted by atomic mass is 10.0. The minimum atomic E-state index is -0.518. The van der Waals surface area contributed by atoms with Crippen molar-refractivity contribution < 1.29 is 9.53 Å². The van der Waals surface area contributed by atoms with Crippen LogP contribution in [0.4, 0.5) is 0 Å². The third kappa shape index (κ3) is 6.09. The van der Waals surface area contributed by atoms with Gasteiger partial charge in [0.15, 0.2) is 6.10 Å². The molecule has 1 unspecified atom stereocenters. The number of carbonyl (C=O) groups is 1. The largest absolute Gasteiger partial charge is 0.481 e. The predicted molar refractivity (Wildman–Crippen MR) is 103 cm³/mol. The second kappa shape index (κ2) is 9.47. The van der Waals surface area contributed by atoms with Gasteiger partial charge in [0.1, 0.15) is 5.75 Å². The summed E-state index contributed by atoms with van der Waals surface area (Å²) < 4.78 is 5.87. The summed E-state index contributed by atoms with van der Waals surface area (Å²) >= 11 is 5.88. The Balaban J connectivity index is 1.78. The SMILES string of the molecule is CC(Oc1ccccc1C(C)C)C(=O)NCCCc1ccc(Cl)cc1. The van der Waals surface area contributed by atoms with E-state index >= 15 is 0 Å². The average molecular weight is 360 g/mol. The van der Waals surface area contributed by atoms with Crippen molar-refractivity contribution in [1.82, 2.24) is 5.32 Å². The Hall–Kier alpha value is -2.00. The number of hydrogen-bond donors (Lipinski definition) is 1. The summed E-state index contributed by atoms with van der Waals surface area (Å²) in [6.45, 7) is 6.64. The Kier molecular flexibility index (Phi) is 7.32. The molecule has 2 aromatic carbocycles. The molecule has 0 spiro atoms. The molecule has 0 bridgehead atoms. The van der Waals surface area contributed by atoms with Gasteiger partial charge in [-0.25, -0.2) is 0 Å². The lowest BCUT2D eigenvalue weighted by Crippen LogP contribution is -2.37. The number of halogens is 1. The Morgan fingerprint density at radius 2 is 1.76 bits per heavy atom. The van der Waals surface area contributed by atoms with Crippen LogP contribution in [0.1, 0.15) is 44.2 Å². The molecule has 0 aromatic heterocycles. The van der Waals surface area contributed by atoms with E-state index in [0.29, 0.717) is 12.5 Å². The molecule has 0 aliphatic rings. The number of carbonyl (C=O) groups excluding carboxylic acids is 1. The number of aryl methyl sites for hydroxylation is 1. The number of hydrogen-bond acceptors (Lipinski definition) is 2. The lowest BCUT2D eigenvalue weighted by Gasteiger charge is -2.18. The zero-order valence-electron chi connectivity index (χ0n) is 15.1. The van der Waals surface area contributed by atoms with E-state index < -0.39 is 6.10 Å². The molecule has 134 valence electrons. The topological polar surface area (TPSA) is 38.3 Å². The van der Waals surface area contributed by atoms with Crippen LogP contribution in [0.3, 0.4) is 0 Å². The third-order valence-electron chi connectivity index (χ3n) is 4.07. The van der Waals surface area contributed by atoms with E-state index in [-0.39, 0.29) is 5.91 Å². The van der Waals surface area contributed by atoms with E-state index in [9.17, 15) is 4.79 Å². The van der Waals surface area contributed by atoms with E-state index in [0.717, 1.165) is 29.2 Å². The van der Waals surface area contributed by atoms with Gasteiger partial charge in [0, 0.05) is 11.6 Å². The predicted octanol–water partition coefficient (Wildman–Crippen LogP) is 4.98. The van der Waals surface area contributed by atoms with Crippen LogP contribution in [0, 0.1) is 0 Å². The van der Waals surface area contributed by atoms with Crippen LogP contribution in [0.25, 0.3) is 0 Å². The summed E-state index contributed by atoms with van der Waals surface area (Å²) in [4.78, 5) is 12.2. The van der Waals surface area contributed by atoms with Crippen LogP contribution in [-0.2, 0) is 11.2 Å². The average Bonchev–Trinajstić information content (AvgIpc) is 2.60. The molecule has 3 nitrogen and oxygen atoms in total. The number of nitrogens with one attached hydrogen (secondary N) is 1. The summed E-state index contributed by atoms with van der Waals surface area (Å²) in [5.74, 6) is 1.04. The molecule has 0 aliphatic heterocycles. The van der Waals surface area contributed by atoms with E-state index in [1.54, 1.807) is 6.92 Å². The van der Waals surface area contributed by atoms with E-state index in [2.05, 4.69) is 19.2 Å². The molecule has 2 aromatic rings. The van der Waals surface area contributed by atoms with Crippen LogP contribution in [0.2, 0.25) is 5.02 Å². The van der Waals surface area contributed by atoms with Gasteiger partial charge < -0.3 is 10.1 Å². The highest BCUT2D eigenvalue weighted by Gasteiger charge is 2.16. The van der Waals surface area contributed by atoms with Gasteiger partial charge in [-0.15, -0.1) is 0 Å². The van der Waals surface area contributed by atoms with Crippen molar-refractivity contribution in [1.29, 1.82) is 0 Å². The van der Waals surface area contributed by atoms with Gasteiger partial charge in [-0.05, 0) is 55.0 Å². The number of para-hydroxylation sites is 1. The minimum absolute atomic E-state index is 0.0883. The molecular formula is C21H26ClNO2. The molecule has 0 radical (unpaired) electrons. The van der Waals surface area contributed by atoms with Crippen LogP contribution < -0.4 is 10.1 Å². The first-order valence-electron chi connectivity index (χ1n) is 8.75. The van der Waals surface area contributed by atoms with Crippen molar-refractivity contribution in [3.63, 3.8) is 0 Å². The highest BCUT2D eigenvalue weighted by Crippen LogP contribution is 2.26. The van der Waals surface area contributed by atoms with Crippen molar-refractivity contribution in [2.75, 3.05) is 6.54 Å². The molecule has 0 aliphatic carbocycles. The van der Waals surface area contributed by atoms with Crippen molar-refractivity contribution in [3.8, 4) is 5.75 Å². The molecular weight excluding hydrogens is 334 g/mol. The van der Waals surface area contributed by atoms with E-state index in [1.807, 2.05) is 48.5 Å².